The van der Waals surface area contributed by atoms with E-state index in [0.717, 1.165) is 5.56 Å². The lowest BCUT2D eigenvalue weighted by molar-refractivity contribution is -0.142. The van der Waals surface area contributed by atoms with Gasteiger partial charge in [-0.15, -0.1) is 0 Å². The second-order valence-corrected chi connectivity index (χ2v) is 5.66. The molecule has 0 aliphatic heterocycles. The van der Waals surface area contributed by atoms with E-state index in [2.05, 4.69) is 5.32 Å². The number of aryl methyl sites for hydroxylation is 1. The summed E-state index contributed by atoms with van der Waals surface area (Å²) in [6.07, 6.45) is 0.762. The van der Waals surface area contributed by atoms with Crippen molar-refractivity contribution >= 4 is 17.7 Å². The molecule has 5 heteroatoms. The van der Waals surface area contributed by atoms with Crippen LogP contribution in [-0.4, -0.2) is 30.8 Å². The average molecular weight is 339 g/mol. The van der Waals surface area contributed by atoms with E-state index in [0.29, 0.717) is 24.0 Å². The van der Waals surface area contributed by atoms with E-state index in [4.69, 9.17) is 4.74 Å². The van der Waals surface area contributed by atoms with Crippen LogP contribution in [0.25, 0.3) is 0 Å². The molecular weight excluding hydrogens is 318 g/mol. The standard InChI is InChI=1S/C20H21NO4/c1-15-9-11-17(12-10-15)20(24)21-14-19(23)25-13-5-8-18(22)16-6-3-2-4-7-16/h2-4,6-7,9-12H,5,8,13-14H2,1H3,(H,21,24). The molecule has 0 unspecified atom stereocenters. The molecular formula is C20H21NO4. The van der Waals surface area contributed by atoms with Gasteiger partial charge in [-0.1, -0.05) is 48.0 Å². The van der Waals surface area contributed by atoms with Crippen LogP contribution in [0.15, 0.2) is 54.6 Å². The monoisotopic (exact) mass is 339 g/mol. The summed E-state index contributed by atoms with van der Waals surface area (Å²) in [5.74, 6) is -0.826. The minimum atomic E-state index is -0.521. The molecule has 0 fully saturated rings. The van der Waals surface area contributed by atoms with E-state index in [1.807, 2.05) is 37.3 Å². The largest absolute Gasteiger partial charge is 0.464 e. The summed E-state index contributed by atoms with van der Waals surface area (Å²) in [6, 6.07) is 16.0. The third-order valence-corrected chi connectivity index (χ3v) is 3.61. The highest BCUT2D eigenvalue weighted by Gasteiger charge is 2.09. The number of carbonyl (C=O) groups excluding carboxylic acids is 3. The number of amides is 1. The maximum Gasteiger partial charge on any atom is 0.325 e. The zero-order valence-electron chi connectivity index (χ0n) is 14.2. The van der Waals surface area contributed by atoms with Crippen molar-refractivity contribution in [1.82, 2.24) is 5.32 Å². The number of rotatable bonds is 8. The molecule has 0 bridgehead atoms. The highest BCUT2D eigenvalue weighted by molar-refractivity contribution is 5.96. The lowest BCUT2D eigenvalue weighted by Gasteiger charge is -2.07. The van der Waals surface area contributed by atoms with Gasteiger partial charge in [0.25, 0.3) is 5.91 Å². The molecule has 0 atom stereocenters. The molecule has 0 aliphatic rings. The predicted octanol–water partition coefficient (Wildman–Crippen LogP) is 2.93. The van der Waals surface area contributed by atoms with Gasteiger partial charge in [0.2, 0.25) is 0 Å². The Kier molecular flexibility index (Phi) is 6.89. The van der Waals surface area contributed by atoms with Gasteiger partial charge in [-0.25, -0.2) is 0 Å². The summed E-state index contributed by atoms with van der Waals surface area (Å²) in [7, 11) is 0. The second-order valence-electron chi connectivity index (χ2n) is 5.66. The van der Waals surface area contributed by atoms with Crippen LogP contribution in [0.5, 0.6) is 0 Å². The molecule has 0 heterocycles. The summed E-state index contributed by atoms with van der Waals surface area (Å²) in [5.41, 5.74) is 2.20. The Bertz CT molecular complexity index is 723. The molecule has 5 nitrogen and oxygen atoms in total. The first-order valence-corrected chi connectivity index (χ1v) is 8.15. The van der Waals surface area contributed by atoms with Gasteiger partial charge in [0.05, 0.1) is 6.61 Å². The number of hydrogen-bond donors (Lipinski definition) is 1. The fourth-order valence-corrected chi connectivity index (χ4v) is 2.20. The van der Waals surface area contributed by atoms with E-state index in [1.54, 1.807) is 24.3 Å². The maximum atomic E-state index is 11.9. The first-order valence-electron chi connectivity index (χ1n) is 8.15. The average Bonchev–Trinajstić information content (AvgIpc) is 2.64. The molecule has 1 amide bonds. The highest BCUT2D eigenvalue weighted by Crippen LogP contribution is 2.05. The summed E-state index contributed by atoms with van der Waals surface area (Å²) in [6.45, 7) is 1.89. The van der Waals surface area contributed by atoms with E-state index < -0.39 is 5.97 Å². The van der Waals surface area contributed by atoms with Crippen molar-refractivity contribution in [3.05, 3.63) is 71.3 Å². The fourth-order valence-electron chi connectivity index (χ4n) is 2.20. The lowest BCUT2D eigenvalue weighted by Crippen LogP contribution is -2.30. The molecule has 2 aromatic carbocycles. The van der Waals surface area contributed by atoms with E-state index in [1.165, 1.54) is 0 Å². The number of ether oxygens (including phenoxy) is 1. The van der Waals surface area contributed by atoms with Crippen molar-refractivity contribution < 1.29 is 19.1 Å². The minimum Gasteiger partial charge on any atom is -0.464 e. The smallest absolute Gasteiger partial charge is 0.325 e. The first-order chi connectivity index (χ1) is 12.1. The van der Waals surface area contributed by atoms with E-state index in [-0.39, 0.29) is 24.8 Å². The maximum absolute atomic E-state index is 11.9. The topological polar surface area (TPSA) is 72.5 Å². The second kappa shape index (κ2) is 9.37. The van der Waals surface area contributed by atoms with Crippen LogP contribution >= 0.6 is 0 Å². The Morgan fingerprint density at radius 2 is 1.60 bits per heavy atom. The van der Waals surface area contributed by atoms with Crippen molar-refractivity contribution in [2.45, 2.75) is 19.8 Å². The van der Waals surface area contributed by atoms with Crippen LogP contribution in [0.4, 0.5) is 0 Å². The number of esters is 1. The first kappa shape index (κ1) is 18.4. The number of Topliss-reactive ketones (excluding diaryl/α,β-unsaturated/α-hetero) is 1. The van der Waals surface area contributed by atoms with Crippen LogP contribution in [0, 0.1) is 6.92 Å². The highest BCUT2D eigenvalue weighted by atomic mass is 16.5. The Morgan fingerprint density at radius 3 is 2.28 bits per heavy atom. The molecule has 0 aliphatic carbocycles. The Hall–Kier alpha value is -2.95. The molecule has 130 valence electrons. The van der Waals surface area contributed by atoms with E-state index in [9.17, 15) is 14.4 Å². The summed E-state index contributed by atoms with van der Waals surface area (Å²) in [5, 5.41) is 2.51. The zero-order valence-corrected chi connectivity index (χ0v) is 14.2. The van der Waals surface area contributed by atoms with Crippen LogP contribution < -0.4 is 5.32 Å². The van der Waals surface area contributed by atoms with Gasteiger partial charge < -0.3 is 10.1 Å². The molecule has 2 rings (SSSR count). The third-order valence-electron chi connectivity index (χ3n) is 3.61. The SMILES string of the molecule is Cc1ccc(C(=O)NCC(=O)OCCCC(=O)c2ccccc2)cc1. The van der Waals surface area contributed by atoms with Gasteiger partial charge in [-0.05, 0) is 25.5 Å². The van der Waals surface area contributed by atoms with Gasteiger partial charge in [0, 0.05) is 17.5 Å². The molecule has 0 saturated carbocycles. The fraction of sp³-hybridized carbons (Fsp3) is 0.250. The van der Waals surface area contributed by atoms with Gasteiger partial charge >= 0.3 is 5.97 Å². The lowest BCUT2D eigenvalue weighted by atomic mass is 10.1. The zero-order chi connectivity index (χ0) is 18.1. The van der Waals surface area contributed by atoms with Crippen molar-refractivity contribution in [2.24, 2.45) is 0 Å². The van der Waals surface area contributed by atoms with Crippen LogP contribution in [0.1, 0.15) is 39.1 Å². The van der Waals surface area contributed by atoms with Crippen molar-refractivity contribution in [2.75, 3.05) is 13.2 Å². The predicted molar refractivity (Wildman–Crippen MR) is 94.5 cm³/mol. The number of benzene rings is 2. The Balaban J connectivity index is 1.63. The molecule has 25 heavy (non-hydrogen) atoms. The van der Waals surface area contributed by atoms with Gasteiger partial charge in [-0.2, -0.15) is 0 Å². The summed E-state index contributed by atoms with van der Waals surface area (Å²) >= 11 is 0. The minimum absolute atomic E-state index is 0.0179. The Morgan fingerprint density at radius 1 is 0.920 bits per heavy atom. The molecule has 0 radical (unpaired) electrons. The van der Waals surface area contributed by atoms with Crippen molar-refractivity contribution in [3.8, 4) is 0 Å². The number of hydrogen-bond acceptors (Lipinski definition) is 4. The van der Waals surface area contributed by atoms with Crippen LogP contribution in [0.3, 0.4) is 0 Å². The van der Waals surface area contributed by atoms with Crippen molar-refractivity contribution in [3.63, 3.8) is 0 Å². The van der Waals surface area contributed by atoms with Crippen LogP contribution in [-0.2, 0) is 9.53 Å². The molecule has 0 saturated heterocycles. The summed E-state index contributed by atoms with van der Waals surface area (Å²) in [4.78, 5) is 35.4. The summed E-state index contributed by atoms with van der Waals surface area (Å²) < 4.78 is 5.03. The van der Waals surface area contributed by atoms with Crippen molar-refractivity contribution in [1.29, 1.82) is 0 Å². The Labute approximate surface area is 147 Å². The third kappa shape index (κ3) is 6.22. The van der Waals surface area contributed by atoms with E-state index >= 15 is 0 Å². The normalized spacial score (nSPS) is 10.1. The molecule has 2 aromatic rings. The quantitative estimate of drug-likeness (QED) is 0.456. The number of ketones is 1. The molecule has 0 spiro atoms. The number of carbonyl (C=O) groups is 3. The van der Waals surface area contributed by atoms with Gasteiger partial charge in [0.15, 0.2) is 5.78 Å². The molecule has 1 N–H and O–H groups in total. The van der Waals surface area contributed by atoms with Gasteiger partial charge in [0.1, 0.15) is 6.54 Å². The molecule has 0 aromatic heterocycles. The van der Waals surface area contributed by atoms with Crippen LogP contribution in [0.2, 0.25) is 0 Å². The van der Waals surface area contributed by atoms with Gasteiger partial charge in [-0.3, -0.25) is 14.4 Å². The number of nitrogens with one attached hydrogen (secondary N) is 1.